The minimum absolute atomic E-state index is 0.176. The number of nitrogens with one attached hydrogen (secondary N) is 1. The van der Waals surface area contributed by atoms with Crippen LogP contribution in [0, 0.1) is 13.8 Å². The van der Waals surface area contributed by atoms with Gasteiger partial charge in [-0.3, -0.25) is 4.99 Å². The zero-order chi connectivity index (χ0) is 20.6. The first-order chi connectivity index (χ1) is 13.0. The van der Waals surface area contributed by atoms with Crippen molar-refractivity contribution in [3.05, 3.63) is 50.9 Å². The summed E-state index contributed by atoms with van der Waals surface area (Å²) in [7, 11) is 0. The van der Waals surface area contributed by atoms with Gasteiger partial charge in [0.05, 0.1) is 17.4 Å². The molecule has 3 unspecified atom stereocenters. The van der Waals surface area contributed by atoms with E-state index in [1.807, 2.05) is 45.0 Å². The fourth-order valence-electron chi connectivity index (χ4n) is 3.22. The number of rotatable bonds is 4. The first-order valence-corrected chi connectivity index (χ1v) is 10.5. The van der Waals surface area contributed by atoms with Crippen molar-refractivity contribution < 1.29 is 14.9 Å². The third kappa shape index (κ3) is 4.75. The van der Waals surface area contributed by atoms with Gasteiger partial charge in [-0.25, -0.2) is 0 Å². The van der Waals surface area contributed by atoms with Crippen molar-refractivity contribution in [1.29, 1.82) is 0 Å². The predicted octanol–water partition coefficient (Wildman–Crippen LogP) is 4.49. The molecule has 3 atom stereocenters. The lowest BCUT2D eigenvalue weighted by atomic mass is 10.00. The fourth-order valence-corrected chi connectivity index (χ4v) is 4.44. The van der Waals surface area contributed by atoms with Gasteiger partial charge < -0.3 is 20.3 Å². The van der Waals surface area contributed by atoms with Crippen LogP contribution in [0.2, 0.25) is 5.02 Å². The third-order valence-electron chi connectivity index (χ3n) is 4.61. The number of hydrogen-bond donors (Lipinski definition) is 3. The van der Waals surface area contributed by atoms with Gasteiger partial charge in [0.2, 0.25) is 0 Å². The van der Waals surface area contributed by atoms with Crippen LogP contribution < -0.4 is 5.32 Å². The van der Waals surface area contributed by atoms with Crippen LogP contribution in [0.5, 0.6) is 0 Å². The van der Waals surface area contributed by atoms with Crippen LogP contribution in [0.4, 0.5) is 5.00 Å². The first-order valence-electron chi connectivity index (χ1n) is 9.30. The normalized spacial score (nSPS) is 20.8. The summed E-state index contributed by atoms with van der Waals surface area (Å²) in [6.07, 6.45) is -1.79. The molecule has 28 heavy (non-hydrogen) atoms. The molecule has 1 aliphatic rings. The Hall–Kier alpha value is -1.44. The minimum atomic E-state index is -1.03. The highest BCUT2D eigenvalue weighted by molar-refractivity contribution is 7.16. The molecule has 0 radical (unpaired) electrons. The van der Waals surface area contributed by atoms with Gasteiger partial charge in [0.15, 0.2) is 6.29 Å². The molecular weight excluding hydrogens is 396 g/mol. The van der Waals surface area contributed by atoms with E-state index >= 15 is 0 Å². The van der Waals surface area contributed by atoms with E-state index in [1.54, 1.807) is 11.3 Å². The monoisotopic (exact) mass is 422 g/mol. The Morgan fingerprint density at radius 1 is 1.25 bits per heavy atom. The van der Waals surface area contributed by atoms with Crippen molar-refractivity contribution in [3.8, 4) is 0 Å². The van der Waals surface area contributed by atoms with Crippen LogP contribution >= 0.6 is 22.9 Å². The predicted molar refractivity (Wildman–Crippen MR) is 116 cm³/mol. The van der Waals surface area contributed by atoms with E-state index < -0.39 is 24.2 Å². The molecule has 0 saturated carbocycles. The largest absolute Gasteiger partial charge is 0.371 e. The molecule has 0 amide bonds. The molecule has 3 N–H and O–H groups in total. The van der Waals surface area contributed by atoms with Crippen molar-refractivity contribution in [2.75, 3.05) is 5.32 Å². The Morgan fingerprint density at radius 2 is 1.89 bits per heavy atom. The molecule has 1 aliphatic heterocycles. The summed E-state index contributed by atoms with van der Waals surface area (Å²) < 4.78 is 5.62. The van der Waals surface area contributed by atoms with Gasteiger partial charge in [0.25, 0.3) is 0 Å². The van der Waals surface area contributed by atoms with E-state index in [0.29, 0.717) is 5.02 Å². The van der Waals surface area contributed by atoms with Gasteiger partial charge in [-0.15, -0.1) is 11.3 Å². The summed E-state index contributed by atoms with van der Waals surface area (Å²) in [5, 5.41) is 25.8. The molecule has 0 fully saturated rings. The average Bonchev–Trinajstić information content (AvgIpc) is 2.76. The lowest BCUT2D eigenvalue weighted by Crippen LogP contribution is -2.37. The second-order valence-corrected chi connectivity index (χ2v) is 9.71. The quantitative estimate of drug-likeness (QED) is 0.634. The molecule has 152 valence electrons. The van der Waals surface area contributed by atoms with E-state index in [-0.39, 0.29) is 6.42 Å². The topological polar surface area (TPSA) is 74.1 Å². The van der Waals surface area contributed by atoms with Gasteiger partial charge in [0.1, 0.15) is 11.2 Å². The smallest absolute Gasteiger partial charge is 0.157 e. The number of aliphatic hydroxyl groups excluding tert-OH is 2. The number of thiophene rings is 1. The molecular formula is C21H27ClN2O3S. The lowest BCUT2D eigenvalue weighted by Gasteiger charge is -2.27. The van der Waals surface area contributed by atoms with Crippen LogP contribution in [0.3, 0.4) is 0 Å². The van der Waals surface area contributed by atoms with Gasteiger partial charge in [-0.05, 0) is 52.3 Å². The Bertz CT molecular complexity index is 871. The summed E-state index contributed by atoms with van der Waals surface area (Å²) in [5.74, 6) is 0. The zero-order valence-electron chi connectivity index (χ0n) is 16.8. The highest BCUT2D eigenvalue weighted by Crippen LogP contribution is 2.37. The Kier molecular flexibility index (Phi) is 6.17. The van der Waals surface area contributed by atoms with E-state index in [4.69, 9.17) is 21.3 Å². The van der Waals surface area contributed by atoms with Crippen molar-refractivity contribution in [2.24, 2.45) is 4.99 Å². The van der Waals surface area contributed by atoms with Gasteiger partial charge in [-0.1, -0.05) is 23.7 Å². The standard InChI is InChI=1S/C21H27ClN2O3S/c1-11-12(2)28-20-17(11)18(13-6-8-14(22)9-7-13)23-15(19(26)24-20)10-16(25)27-21(3,4)5/h6-9,15-16,19,24-26H,10H2,1-5H3. The highest BCUT2D eigenvalue weighted by atomic mass is 35.5. The number of anilines is 1. The molecule has 0 spiro atoms. The van der Waals surface area contributed by atoms with Crippen LogP contribution in [0.15, 0.2) is 29.3 Å². The minimum Gasteiger partial charge on any atom is -0.371 e. The van der Waals surface area contributed by atoms with Crippen LogP contribution in [0.25, 0.3) is 0 Å². The molecule has 2 aromatic rings. The number of aryl methyl sites for hydroxylation is 1. The summed E-state index contributed by atoms with van der Waals surface area (Å²) in [6.45, 7) is 9.75. The van der Waals surface area contributed by atoms with Gasteiger partial charge >= 0.3 is 0 Å². The molecule has 7 heteroatoms. The second kappa shape index (κ2) is 8.13. The van der Waals surface area contributed by atoms with Crippen molar-refractivity contribution >= 4 is 33.7 Å². The van der Waals surface area contributed by atoms with Crippen LogP contribution in [-0.2, 0) is 4.74 Å². The SMILES string of the molecule is Cc1sc2c(c1C)C(c1ccc(Cl)cc1)=NC(CC(O)OC(C)(C)C)C(O)N2. The maximum absolute atomic E-state index is 10.8. The first kappa shape index (κ1) is 21.3. The van der Waals surface area contributed by atoms with E-state index in [9.17, 15) is 10.2 Å². The Morgan fingerprint density at radius 3 is 2.50 bits per heavy atom. The number of nitrogens with zero attached hydrogens (tertiary/aromatic N) is 1. The van der Waals surface area contributed by atoms with E-state index in [2.05, 4.69) is 19.2 Å². The molecule has 1 aromatic carbocycles. The van der Waals surface area contributed by atoms with Crippen molar-refractivity contribution in [1.82, 2.24) is 0 Å². The molecule has 0 saturated heterocycles. The summed E-state index contributed by atoms with van der Waals surface area (Å²) in [6, 6.07) is 6.94. The molecule has 2 heterocycles. The number of fused-ring (bicyclic) bond motifs is 1. The maximum Gasteiger partial charge on any atom is 0.157 e. The summed E-state index contributed by atoms with van der Waals surface area (Å²) in [4.78, 5) is 6.04. The number of benzene rings is 1. The van der Waals surface area contributed by atoms with E-state index in [1.165, 1.54) is 4.88 Å². The number of aliphatic imine (C=N–C) groups is 1. The summed E-state index contributed by atoms with van der Waals surface area (Å²) in [5.41, 5.74) is 3.32. The van der Waals surface area contributed by atoms with E-state index in [0.717, 1.165) is 27.4 Å². The number of aliphatic hydroxyl groups is 2. The number of ether oxygens (including phenoxy) is 1. The summed E-state index contributed by atoms with van der Waals surface area (Å²) >= 11 is 7.66. The van der Waals surface area contributed by atoms with Crippen molar-refractivity contribution in [3.63, 3.8) is 0 Å². The fraction of sp³-hybridized carbons (Fsp3) is 0.476. The molecule has 1 aromatic heterocycles. The highest BCUT2D eigenvalue weighted by Gasteiger charge is 2.31. The number of halogens is 1. The van der Waals surface area contributed by atoms with Gasteiger partial charge in [0, 0.05) is 27.4 Å². The Balaban J connectivity index is 2.03. The van der Waals surface area contributed by atoms with Crippen molar-refractivity contribution in [2.45, 2.75) is 65.2 Å². The molecule has 3 rings (SSSR count). The lowest BCUT2D eigenvalue weighted by molar-refractivity contribution is -0.172. The molecule has 5 nitrogen and oxygen atoms in total. The van der Waals surface area contributed by atoms with Crippen LogP contribution in [-0.4, -0.2) is 40.1 Å². The average molecular weight is 423 g/mol. The van der Waals surface area contributed by atoms with Crippen LogP contribution in [0.1, 0.15) is 48.8 Å². The third-order valence-corrected chi connectivity index (χ3v) is 6.00. The van der Waals surface area contributed by atoms with Gasteiger partial charge in [-0.2, -0.15) is 0 Å². The zero-order valence-corrected chi connectivity index (χ0v) is 18.4. The maximum atomic E-state index is 10.8. The molecule has 0 bridgehead atoms. The molecule has 0 aliphatic carbocycles. The number of hydrogen-bond acceptors (Lipinski definition) is 6. The second-order valence-electron chi connectivity index (χ2n) is 8.05. The Labute approximate surface area is 175 Å².